The number of nitrogens with zero attached hydrogens (tertiary/aromatic N) is 2. The Morgan fingerprint density at radius 2 is 1.91 bits per heavy atom. The van der Waals surface area contributed by atoms with Gasteiger partial charge in [0.15, 0.2) is 0 Å². The van der Waals surface area contributed by atoms with Crippen molar-refractivity contribution in [1.82, 2.24) is 20.4 Å². The fourth-order valence-corrected chi connectivity index (χ4v) is 6.03. The van der Waals surface area contributed by atoms with Crippen molar-refractivity contribution in [2.45, 2.75) is 89.0 Å². The van der Waals surface area contributed by atoms with E-state index >= 15 is 0 Å². The number of hydrogen-bond donors (Lipinski definition) is 2. The summed E-state index contributed by atoms with van der Waals surface area (Å²) in [7, 11) is 0. The van der Waals surface area contributed by atoms with E-state index in [4.69, 9.17) is 0 Å². The Labute approximate surface area is 189 Å². The minimum Gasteiger partial charge on any atom is -0.322 e. The number of piperidine rings is 2. The Morgan fingerprint density at radius 3 is 2.72 bits per heavy atom. The lowest BCUT2D eigenvalue weighted by Gasteiger charge is -2.36. The predicted octanol–water partition coefficient (Wildman–Crippen LogP) is 2.33. The van der Waals surface area contributed by atoms with Crippen LogP contribution in [0.25, 0.3) is 0 Å². The van der Waals surface area contributed by atoms with Crippen LogP contribution in [-0.4, -0.2) is 58.7 Å². The molecule has 0 spiro atoms. The van der Waals surface area contributed by atoms with Gasteiger partial charge in [0.1, 0.15) is 6.04 Å². The van der Waals surface area contributed by atoms with Crippen LogP contribution in [0.3, 0.4) is 0 Å². The first kappa shape index (κ1) is 21.6. The topological polar surface area (TPSA) is 81.8 Å². The maximum Gasteiger partial charge on any atom is 0.255 e. The Hall–Kier alpha value is -2.25. The number of imide groups is 1. The fraction of sp³-hybridized carbons (Fsp3) is 0.640. The zero-order chi connectivity index (χ0) is 22.1. The molecule has 4 heterocycles. The Kier molecular flexibility index (Phi) is 6.28. The number of carbonyl (C=O) groups is 3. The summed E-state index contributed by atoms with van der Waals surface area (Å²) >= 11 is 0. The molecule has 5 rings (SSSR count). The molecular formula is C25H34N4O3. The van der Waals surface area contributed by atoms with E-state index in [1.807, 2.05) is 12.1 Å². The van der Waals surface area contributed by atoms with E-state index in [2.05, 4.69) is 21.6 Å². The number of nitrogens with one attached hydrogen (secondary N) is 2. The molecule has 7 nitrogen and oxygen atoms in total. The molecule has 0 aliphatic carbocycles. The van der Waals surface area contributed by atoms with Gasteiger partial charge < -0.3 is 10.2 Å². The van der Waals surface area contributed by atoms with Gasteiger partial charge in [0.25, 0.3) is 5.91 Å². The highest BCUT2D eigenvalue weighted by atomic mass is 16.2. The number of hydrogen-bond acceptors (Lipinski definition) is 5. The molecule has 3 saturated heterocycles. The van der Waals surface area contributed by atoms with E-state index in [0.717, 1.165) is 36.3 Å². The van der Waals surface area contributed by atoms with Crippen LogP contribution in [0.2, 0.25) is 0 Å². The molecule has 0 radical (unpaired) electrons. The first-order chi connectivity index (χ1) is 15.6. The third kappa shape index (κ3) is 4.33. The van der Waals surface area contributed by atoms with Crippen molar-refractivity contribution in [1.29, 1.82) is 0 Å². The van der Waals surface area contributed by atoms with Crippen molar-refractivity contribution in [2.24, 2.45) is 0 Å². The monoisotopic (exact) mass is 438 g/mol. The van der Waals surface area contributed by atoms with Crippen molar-refractivity contribution in [2.75, 3.05) is 13.1 Å². The Morgan fingerprint density at radius 1 is 1.00 bits per heavy atom. The van der Waals surface area contributed by atoms with Crippen molar-refractivity contribution in [3.05, 3.63) is 34.9 Å². The lowest BCUT2D eigenvalue weighted by atomic mass is 9.94. The predicted molar refractivity (Wildman–Crippen MR) is 121 cm³/mol. The smallest absolute Gasteiger partial charge is 0.255 e. The van der Waals surface area contributed by atoms with Crippen LogP contribution in [0, 0.1) is 0 Å². The van der Waals surface area contributed by atoms with Gasteiger partial charge in [-0.3, -0.25) is 24.6 Å². The third-order valence-corrected chi connectivity index (χ3v) is 7.77. The van der Waals surface area contributed by atoms with Crippen LogP contribution < -0.4 is 10.6 Å². The highest BCUT2D eigenvalue weighted by molar-refractivity contribution is 6.05. The molecular weight excluding hydrogens is 404 g/mol. The first-order valence-electron chi connectivity index (χ1n) is 12.3. The molecule has 4 aliphatic heterocycles. The molecule has 0 saturated carbocycles. The normalized spacial score (nSPS) is 28.8. The SMILES string of the molecule is O=C1CCC(N2Cc3cccc(CN4CCCCC4CC[C@@H]4CCCN4)c3C2=O)C(=O)N1. The number of amides is 3. The first-order valence-corrected chi connectivity index (χ1v) is 12.3. The molecule has 3 fully saturated rings. The quantitative estimate of drug-likeness (QED) is 0.667. The van der Waals surface area contributed by atoms with E-state index in [9.17, 15) is 14.4 Å². The molecule has 7 heteroatoms. The van der Waals surface area contributed by atoms with Crippen LogP contribution in [0.15, 0.2) is 18.2 Å². The van der Waals surface area contributed by atoms with E-state index in [1.54, 1.807) is 4.90 Å². The second-order valence-electron chi connectivity index (χ2n) is 9.84. The number of rotatable bonds is 6. The number of benzene rings is 1. The van der Waals surface area contributed by atoms with Gasteiger partial charge >= 0.3 is 0 Å². The summed E-state index contributed by atoms with van der Waals surface area (Å²) in [4.78, 5) is 41.5. The van der Waals surface area contributed by atoms with E-state index in [0.29, 0.717) is 25.0 Å². The van der Waals surface area contributed by atoms with Crippen LogP contribution in [0.4, 0.5) is 0 Å². The van der Waals surface area contributed by atoms with Gasteiger partial charge in [0, 0.05) is 37.2 Å². The standard InChI is InChI=1S/C25H34N4O3/c30-22-12-11-21(24(31)27-22)29-16-18-6-3-5-17(23(18)25(29)32)15-28-14-2-1-8-20(28)10-9-19-7-4-13-26-19/h3,5-6,19-21,26H,1-2,4,7-16H2,(H,27,30,31)/t19-,20?,21?/m0/s1. The lowest BCUT2D eigenvalue weighted by molar-refractivity contribution is -0.136. The van der Waals surface area contributed by atoms with Crippen LogP contribution in [0.1, 0.15) is 79.3 Å². The van der Waals surface area contributed by atoms with Crippen LogP contribution >= 0.6 is 0 Å². The molecule has 4 aliphatic rings. The van der Waals surface area contributed by atoms with Gasteiger partial charge in [-0.2, -0.15) is 0 Å². The maximum atomic E-state index is 13.4. The minimum atomic E-state index is -0.554. The Balaban J connectivity index is 1.29. The molecule has 0 aromatic heterocycles. The average Bonchev–Trinajstić information content (AvgIpc) is 3.42. The van der Waals surface area contributed by atoms with Gasteiger partial charge in [-0.25, -0.2) is 0 Å². The number of likely N-dealkylation sites (tertiary alicyclic amines) is 1. The number of carbonyl (C=O) groups excluding carboxylic acids is 3. The summed E-state index contributed by atoms with van der Waals surface area (Å²) in [6, 6.07) is 6.81. The summed E-state index contributed by atoms with van der Waals surface area (Å²) in [6.07, 6.45) is 9.46. The van der Waals surface area contributed by atoms with Crippen molar-refractivity contribution in [3.63, 3.8) is 0 Å². The molecule has 172 valence electrons. The molecule has 2 unspecified atom stereocenters. The van der Waals surface area contributed by atoms with Crippen molar-refractivity contribution < 1.29 is 14.4 Å². The number of fused-ring (bicyclic) bond motifs is 1. The van der Waals surface area contributed by atoms with E-state index in [1.165, 1.54) is 44.9 Å². The second-order valence-corrected chi connectivity index (χ2v) is 9.84. The minimum absolute atomic E-state index is 0.0613. The third-order valence-electron chi connectivity index (χ3n) is 7.77. The van der Waals surface area contributed by atoms with Crippen molar-refractivity contribution >= 4 is 17.7 Å². The van der Waals surface area contributed by atoms with Gasteiger partial charge in [0.2, 0.25) is 11.8 Å². The van der Waals surface area contributed by atoms with Crippen molar-refractivity contribution in [3.8, 4) is 0 Å². The fourth-order valence-electron chi connectivity index (χ4n) is 6.03. The highest BCUT2D eigenvalue weighted by Crippen LogP contribution is 2.32. The van der Waals surface area contributed by atoms with E-state index in [-0.39, 0.29) is 24.1 Å². The molecule has 1 aromatic rings. The average molecular weight is 439 g/mol. The summed E-state index contributed by atoms with van der Waals surface area (Å²) in [5.41, 5.74) is 2.85. The molecule has 1 aromatic carbocycles. The van der Waals surface area contributed by atoms with Crippen LogP contribution in [0.5, 0.6) is 0 Å². The van der Waals surface area contributed by atoms with Gasteiger partial charge in [0.05, 0.1) is 0 Å². The highest BCUT2D eigenvalue weighted by Gasteiger charge is 2.40. The zero-order valence-corrected chi connectivity index (χ0v) is 18.8. The lowest BCUT2D eigenvalue weighted by Crippen LogP contribution is -2.52. The zero-order valence-electron chi connectivity index (χ0n) is 18.8. The summed E-state index contributed by atoms with van der Waals surface area (Å²) < 4.78 is 0. The molecule has 2 N–H and O–H groups in total. The Bertz CT molecular complexity index is 895. The molecule has 3 atom stereocenters. The largest absolute Gasteiger partial charge is 0.322 e. The maximum absolute atomic E-state index is 13.4. The summed E-state index contributed by atoms with van der Waals surface area (Å²) in [5.74, 6) is -0.658. The van der Waals surface area contributed by atoms with Gasteiger partial charge in [-0.1, -0.05) is 24.6 Å². The second kappa shape index (κ2) is 9.32. The van der Waals surface area contributed by atoms with Gasteiger partial charge in [-0.05, 0) is 69.2 Å². The summed E-state index contributed by atoms with van der Waals surface area (Å²) in [5, 5.41) is 6.01. The van der Waals surface area contributed by atoms with E-state index < -0.39 is 6.04 Å². The van der Waals surface area contributed by atoms with Crippen LogP contribution in [-0.2, 0) is 22.7 Å². The van der Waals surface area contributed by atoms with Gasteiger partial charge in [-0.15, -0.1) is 0 Å². The summed E-state index contributed by atoms with van der Waals surface area (Å²) in [6.45, 7) is 3.48. The molecule has 3 amide bonds. The molecule has 0 bridgehead atoms. The molecule has 32 heavy (non-hydrogen) atoms.